The minimum absolute atomic E-state index is 0.186. The molecule has 3 heteroatoms. The lowest BCUT2D eigenvalue weighted by Gasteiger charge is -2.27. The Bertz CT molecular complexity index is 3450. The number of thiophene rings is 1. The Labute approximate surface area is 330 Å². The van der Waals surface area contributed by atoms with Gasteiger partial charge in [0.1, 0.15) is 0 Å². The molecule has 11 rings (SSSR count). The van der Waals surface area contributed by atoms with Crippen LogP contribution in [0.15, 0.2) is 206 Å². The van der Waals surface area contributed by atoms with Crippen LogP contribution in [-0.2, 0) is 0 Å². The summed E-state index contributed by atoms with van der Waals surface area (Å²) in [5.74, 6) is 0. The Morgan fingerprint density at radius 3 is 1.87 bits per heavy atom. The van der Waals surface area contributed by atoms with Crippen LogP contribution >= 0.6 is 11.3 Å². The Morgan fingerprint density at radius 1 is 0.455 bits per heavy atom. The Hall–Kier alpha value is -6.94. The van der Waals surface area contributed by atoms with Gasteiger partial charge in [0.2, 0.25) is 0 Å². The SMILES string of the molecule is [2H]c1c([2H])c([2H])c(-c2ccc(N(c3ccc(-c4ccc5c6ccc7ccccc7c6n(-c6ccccc6)c5c4)cc3)c3cccc4sc5ccccc5c34)cc2)c([2H])c1[2H]. The van der Waals surface area contributed by atoms with Crippen molar-refractivity contribution in [3.8, 4) is 27.9 Å². The maximum atomic E-state index is 8.60. The van der Waals surface area contributed by atoms with Crippen molar-refractivity contribution in [1.29, 1.82) is 0 Å². The molecule has 0 atom stereocenters. The van der Waals surface area contributed by atoms with Crippen LogP contribution in [0, 0.1) is 0 Å². The summed E-state index contributed by atoms with van der Waals surface area (Å²) in [5, 5.41) is 7.19. The van der Waals surface area contributed by atoms with Crippen LogP contribution < -0.4 is 4.90 Å². The van der Waals surface area contributed by atoms with Crippen LogP contribution in [0.4, 0.5) is 17.1 Å². The Morgan fingerprint density at radius 2 is 1.09 bits per heavy atom. The maximum Gasteiger partial charge on any atom is 0.0629 e. The van der Waals surface area contributed by atoms with Crippen molar-refractivity contribution in [2.24, 2.45) is 0 Å². The van der Waals surface area contributed by atoms with Gasteiger partial charge in [0, 0.05) is 53.4 Å². The highest BCUT2D eigenvalue weighted by atomic mass is 32.1. The molecule has 2 aromatic heterocycles. The zero-order valence-electron chi connectivity index (χ0n) is 34.5. The molecular formula is C52H34N2S. The van der Waals surface area contributed by atoms with Gasteiger partial charge in [-0.2, -0.15) is 0 Å². The van der Waals surface area contributed by atoms with E-state index >= 15 is 0 Å². The first-order chi connectivity index (χ1) is 29.4. The second-order valence-corrected chi connectivity index (χ2v) is 14.8. The Balaban J connectivity index is 1.06. The third-order valence-corrected chi connectivity index (χ3v) is 11.8. The lowest BCUT2D eigenvalue weighted by atomic mass is 10.0. The molecule has 0 saturated carbocycles. The molecular weight excluding hydrogens is 685 g/mol. The molecule has 55 heavy (non-hydrogen) atoms. The molecule has 9 aromatic carbocycles. The molecule has 0 spiro atoms. The normalized spacial score (nSPS) is 12.9. The van der Waals surface area contributed by atoms with E-state index in [0.717, 1.165) is 44.8 Å². The number of benzene rings is 9. The van der Waals surface area contributed by atoms with Crippen molar-refractivity contribution >= 4 is 81.1 Å². The van der Waals surface area contributed by atoms with Crippen LogP contribution in [0.2, 0.25) is 0 Å². The van der Waals surface area contributed by atoms with E-state index < -0.39 is 6.04 Å². The topological polar surface area (TPSA) is 8.17 Å². The molecule has 0 N–H and O–H groups in total. The molecule has 2 nitrogen and oxygen atoms in total. The zero-order valence-corrected chi connectivity index (χ0v) is 30.4. The summed E-state index contributed by atoms with van der Waals surface area (Å²) in [7, 11) is 0. The molecule has 2 heterocycles. The van der Waals surface area contributed by atoms with Crippen LogP contribution in [0.5, 0.6) is 0 Å². The van der Waals surface area contributed by atoms with Gasteiger partial charge in [-0.25, -0.2) is 0 Å². The number of anilines is 3. The number of rotatable bonds is 6. The number of aromatic nitrogens is 1. The highest BCUT2D eigenvalue weighted by molar-refractivity contribution is 7.26. The van der Waals surface area contributed by atoms with Crippen molar-refractivity contribution in [2.45, 2.75) is 0 Å². The van der Waals surface area contributed by atoms with Gasteiger partial charge >= 0.3 is 0 Å². The number of hydrogen-bond donors (Lipinski definition) is 0. The summed E-state index contributed by atoms with van der Waals surface area (Å²) in [6.07, 6.45) is 0. The zero-order chi connectivity index (χ0) is 40.6. The molecule has 0 aliphatic carbocycles. The van der Waals surface area contributed by atoms with Crippen LogP contribution in [0.1, 0.15) is 6.85 Å². The second-order valence-electron chi connectivity index (χ2n) is 13.8. The van der Waals surface area contributed by atoms with Crippen molar-refractivity contribution in [3.63, 3.8) is 0 Å². The van der Waals surface area contributed by atoms with E-state index in [4.69, 9.17) is 6.85 Å². The first-order valence-electron chi connectivity index (χ1n) is 20.9. The lowest BCUT2D eigenvalue weighted by Crippen LogP contribution is -2.10. The molecule has 0 unspecified atom stereocenters. The molecule has 0 radical (unpaired) electrons. The minimum Gasteiger partial charge on any atom is -0.310 e. The van der Waals surface area contributed by atoms with Crippen LogP contribution in [0.25, 0.3) is 80.7 Å². The van der Waals surface area contributed by atoms with Gasteiger partial charge in [-0.3, -0.25) is 0 Å². The second kappa shape index (κ2) is 12.9. The third kappa shape index (κ3) is 5.24. The minimum atomic E-state index is -0.400. The lowest BCUT2D eigenvalue weighted by molar-refractivity contribution is 1.19. The molecule has 11 aromatic rings. The monoisotopic (exact) mass is 723 g/mol. The average Bonchev–Trinajstić information content (AvgIpc) is 3.85. The van der Waals surface area contributed by atoms with E-state index in [1.165, 1.54) is 41.8 Å². The van der Waals surface area contributed by atoms with Crippen molar-refractivity contribution in [3.05, 3.63) is 206 Å². The van der Waals surface area contributed by atoms with Crippen molar-refractivity contribution in [2.75, 3.05) is 4.90 Å². The third-order valence-electron chi connectivity index (χ3n) is 10.7. The van der Waals surface area contributed by atoms with E-state index in [9.17, 15) is 0 Å². The van der Waals surface area contributed by atoms with Gasteiger partial charge < -0.3 is 9.47 Å². The molecule has 0 aliphatic rings. The standard InChI is InChI=1S/C52H34N2S/c1-3-12-35(13-4-1)36-22-28-41(29-23-36)53(47-19-11-21-50-51(47)46-18-9-10-20-49(46)55-50)42-30-24-37(25-31-42)39-27-32-44-45-33-26-38-14-7-8-17-43(38)52(45)54(48(44)34-39)40-15-5-2-6-16-40/h1-34H/i1D,3D,4D,12D,13D. The average molecular weight is 724 g/mol. The van der Waals surface area contributed by atoms with E-state index in [0.29, 0.717) is 5.56 Å². The summed E-state index contributed by atoms with van der Waals surface area (Å²) >= 11 is 1.77. The van der Waals surface area contributed by atoms with Crippen LogP contribution in [0.3, 0.4) is 0 Å². The molecule has 0 bridgehead atoms. The highest BCUT2D eigenvalue weighted by Crippen LogP contribution is 2.45. The quantitative estimate of drug-likeness (QED) is 0.166. The number of para-hydroxylation sites is 1. The van der Waals surface area contributed by atoms with E-state index in [-0.39, 0.29) is 29.7 Å². The molecule has 0 amide bonds. The fourth-order valence-corrected chi connectivity index (χ4v) is 9.27. The van der Waals surface area contributed by atoms with Gasteiger partial charge in [-0.1, -0.05) is 145 Å². The molecule has 0 fully saturated rings. The van der Waals surface area contributed by atoms with Crippen LogP contribution in [-0.4, -0.2) is 4.57 Å². The predicted molar refractivity (Wildman–Crippen MR) is 237 cm³/mol. The largest absolute Gasteiger partial charge is 0.310 e. The predicted octanol–water partition coefficient (Wildman–Crippen LogP) is 15.1. The van der Waals surface area contributed by atoms with Gasteiger partial charge in [-0.15, -0.1) is 11.3 Å². The first kappa shape index (κ1) is 26.8. The summed E-state index contributed by atoms with van der Waals surface area (Å²) in [5.41, 5.74) is 9.26. The first-order valence-corrected chi connectivity index (χ1v) is 19.2. The van der Waals surface area contributed by atoms with Gasteiger partial charge in [-0.05, 0) is 88.3 Å². The van der Waals surface area contributed by atoms with Crippen molar-refractivity contribution < 1.29 is 6.85 Å². The summed E-state index contributed by atoms with van der Waals surface area (Å²) in [6.45, 7) is 0. The maximum absolute atomic E-state index is 8.60. The number of hydrogen-bond acceptors (Lipinski definition) is 2. The summed E-state index contributed by atoms with van der Waals surface area (Å²) < 4.78 is 46.6. The fourth-order valence-electron chi connectivity index (χ4n) is 8.15. The highest BCUT2D eigenvalue weighted by Gasteiger charge is 2.20. The van der Waals surface area contributed by atoms with E-state index in [1.807, 2.05) is 24.3 Å². The van der Waals surface area contributed by atoms with Gasteiger partial charge in [0.05, 0.1) is 23.6 Å². The molecule has 0 aliphatic heterocycles. The number of nitrogens with zero attached hydrogens (tertiary/aromatic N) is 2. The fraction of sp³-hybridized carbons (Fsp3) is 0. The van der Waals surface area contributed by atoms with E-state index in [1.54, 1.807) is 11.3 Å². The molecule has 258 valence electrons. The number of fused-ring (bicyclic) bond motifs is 8. The van der Waals surface area contributed by atoms with Gasteiger partial charge in [0.15, 0.2) is 0 Å². The Kier molecular flexibility index (Phi) is 6.27. The summed E-state index contributed by atoms with van der Waals surface area (Å²) in [4.78, 5) is 2.25. The summed E-state index contributed by atoms with van der Waals surface area (Å²) in [6, 6.07) is 60.1. The van der Waals surface area contributed by atoms with E-state index in [2.05, 4.69) is 161 Å². The van der Waals surface area contributed by atoms with Gasteiger partial charge in [0.25, 0.3) is 0 Å². The van der Waals surface area contributed by atoms with Crippen molar-refractivity contribution in [1.82, 2.24) is 4.57 Å². The smallest absolute Gasteiger partial charge is 0.0629 e. The molecule has 0 saturated heterocycles.